The third-order valence-corrected chi connectivity index (χ3v) is 3.47. The molecular weight excluding hydrogens is 269 g/mol. The van der Waals surface area contributed by atoms with E-state index >= 15 is 0 Å². The molecule has 3 N–H and O–H groups in total. The quantitative estimate of drug-likeness (QED) is 0.661. The molecule has 1 atom stereocenters. The Labute approximate surface area is 115 Å². The van der Waals surface area contributed by atoms with Crippen LogP contribution in [0.5, 0.6) is 0 Å². The van der Waals surface area contributed by atoms with Gasteiger partial charge in [0.05, 0.1) is 28.1 Å². The van der Waals surface area contributed by atoms with Crippen molar-refractivity contribution in [3.05, 3.63) is 46.3 Å². The number of rotatable bonds is 4. The molecule has 0 spiro atoms. The van der Waals surface area contributed by atoms with Gasteiger partial charge < -0.3 is 0 Å². The molecule has 5 nitrogen and oxygen atoms in total. The number of nitrogens with zero attached hydrogens (tertiary/aromatic N) is 3. The van der Waals surface area contributed by atoms with E-state index in [-0.39, 0.29) is 5.69 Å². The maximum Gasteiger partial charge on any atom is 0.146 e. The van der Waals surface area contributed by atoms with Gasteiger partial charge in [-0.15, -0.1) is 0 Å². The molecule has 1 unspecified atom stereocenters. The smallest absolute Gasteiger partial charge is 0.146 e. The average molecular weight is 284 g/mol. The first-order chi connectivity index (χ1) is 9.04. The molecule has 0 saturated carbocycles. The first kappa shape index (κ1) is 13.9. The van der Waals surface area contributed by atoms with Gasteiger partial charge in [-0.25, -0.2) is 4.39 Å². The van der Waals surface area contributed by atoms with Gasteiger partial charge in [0.2, 0.25) is 0 Å². The molecule has 0 aliphatic rings. The largest absolute Gasteiger partial charge is 0.271 e. The number of aryl methyl sites for hydroxylation is 2. The first-order valence-corrected chi connectivity index (χ1v) is 6.17. The topological polar surface area (TPSA) is 68.8 Å². The summed E-state index contributed by atoms with van der Waals surface area (Å²) in [5, 5.41) is 4.78. The van der Waals surface area contributed by atoms with E-state index in [1.807, 2.05) is 6.92 Å². The Morgan fingerprint density at radius 3 is 2.84 bits per heavy atom. The van der Waals surface area contributed by atoms with Crippen molar-refractivity contribution >= 4 is 11.6 Å². The highest BCUT2D eigenvalue weighted by Gasteiger charge is 2.20. The van der Waals surface area contributed by atoms with Crippen LogP contribution in [0.1, 0.15) is 23.1 Å². The summed E-state index contributed by atoms with van der Waals surface area (Å²) in [6.45, 7) is 1.82. The Balaban J connectivity index is 2.32. The predicted octanol–water partition coefficient (Wildman–Crippen LogP) is 1.66. The van der Waals surface area contributed by atoms with Gasteiger partial charge >= 0.3 is 0 Å². The van der Waals surface area contributed by atoms with Crippen molar-refractivity contribution in [2.24, 2.45) is 12.9 Å². The molecule has 0 radical (unpaired) electrons. The second kappa shape index (κ2) is 5.64. The number of hydrogen-bond acceptors (Lipinski definition) is 4. The fraction of sp³-hybridized carbons (Fsp3) is 0.333. The number of hydrazine groups is 1. The molecular formula is C12H15ClFN5. The molecule has 0 aliphatic carbocycles. The van der Waals surface area contributed by atoms with E-state index in [0.29, 0.717) is 11.4 Å². The van der Waals surface area contributed by atoms with E-state index < -0.39 is 11.9 Å². The molecule has 0 saturated heterocycles. The maximum atomic E-state index is 13.7. The van der Waals surface area contributed by atoms with Gasteiger partial charge in [-0.05, 0) is 19.1 Å². The van der Waals surface area contributed by atoms with Crippen LogP contribution in [0.4, 0.5) is 4.39 Å². The Kier molecular flexibility index (Phi) is 4.14. The van der Waals surface area contributed by atoms with E-state index in [4.69, 9.17) is 17.4 Å². The van der Waals surface area contributed by atoms with Crippen molar-refractivity contribution in [3.63, 3.8) is 0 Å². The van der Waals surface area contributed by atoms with Crippen LogP contribution in [-0.4, -0.2) is 14.8 Å². The number of pyridine rings is 1. The highest BCUT2D eigenvalue weighted by atomic mass is 35.5. The third-order valence-electron chi connectivity index (χ3n) is 2.98. The molecule has 2 aromatic heterocycles. The van der Waals surface area contributed by atoms with Crippen LogP contribution in [0.2, 0.25) is 5.02 Å². The highest BCUT2D eigenvalue weighted by molar-refractivity contribution is 6.31. The summed E-state index contributed by atoms with van der Waals surface area (Å²) >= 11 is 6.18. The minimum absolute atomic E-state index is 0.264. The molecule has 0 fully saturated rings. The molecule has 2 aromatic rings. The molecule has 102 valence electrons. The number of aromatic nitrogens is 3. The lowest BCUT2D eigenvalue weighted by Gasteiger charge is -2.16. The second-order valence-electron chi connectivity index (χ2n) is 4.26. The Bertz CT molecular complexity index is 583. The zero-order chi connectivity index (χ0) is 14.0. The second-order valence-corrected chi connectivity index (χ2v) is 4.64. The van der Waals surface area contributed by atoms with Gasteiger partial charge in [0, 0.05) is 19.7 Å². The van der Waals surface area contributed by atoms with Crippen LogP contribution in [0, 0.1) is 12.7 Å². The van der Waals surface area contributed by atoms with Gasteiger partial charge in [-0.2, -0.15) is 5.10 Å². The molecule has 2 rings (SSSR count). The fourth-order valence-electron chi connectivity index (χ4n) is 1.98. The molecule has 7 heteroatoms. The number of nitrogens with two attached hydrogens (primary N) is 1. The SMILES string of the molecule is Cc1nn(C)c(CC(NN)c2ncccc2F)c1Cl. The molecule has 0 aliphatic heterocycles. The lowest BCUT2D eigenvalue weighted by Crippen LogP contribution is -2.31. The molecule has 0 amide bonds. The number of nitrogens with one attached hydrogen (secondary N) is 1. The predicted molar refractivity (Wildman–Crippen MR) is 70.9 cm³/mol. The Morgan fingerprint density at radius 1 is 1.58 bits per heavy atom. The summed E-state index contributed by atoms with van der Waals surface area (Å²) in [7, 11) is 1.79. The number of halogens is 2. The highest BCUT2D eigenvalue weighted by Crippen LogP contribution is 2.25. The lowest BCUT2D eigenvalue weighted by molar-refractivity contribution is 0.483. The average Bonchev–Trinajstić information content (AvgIpc) is 2.63. The zero-order valence-corrected chi connectivity index (χ0v) is 11.4. The van der Waals surface area contributed by atoms with E-state index in [0.717, 1.165) is 11.4 Å². The summed E-state index contributed by atoms with van der Waals surface area (Å²) < 4.78 is 15.4. The van der Waals surface area contributed by atoms with Crippen LogP contribution in [0.3, 0.4) is 0 Å². The molecule has 2 heterocycles. The van der Waals surface area contributed by atoms with Gasteiger partial charge in [-0.1, -0.05) is 11.6 Å². The summed E-state index contributed by atoms with van der Waals surface area (Å²) in [5.74, 6) is 5.10. The van der Waals surface area contributed by atoms with E-state index in [1.54, 1.807) is 11.7 Å². The summed E-state index contributed by atoms with van der Waals surface area (Å²) in [5.41, 5.74) is 4.35. The van der Waals surface area contributed by atoms with E-state index in [1.165, 1.54) is 18.3 Å². The molecule has 19 heavy (non-hydrogen) atoms. The minimum atomic E-state index is -0.464. The van der Waals surface area contributed by atoms with Crippen LogP contribution in [0.15, 0.2) is 18.3 Å². The maximum absolute atomic E-state index is 13.7. The Hall–Kier alpha value is -1.50. The Morgan fingerprint density at radius 2 is 2.32 bits per heavy atom. The summed E-state index contributed by atoms with van der Waals surface area (Å²) in [6, 6.07) is 2.42. The number of hydrogen-bond donors (Lipinski definition) is 2. The lowest BCUT2D eigenvalue weighted by atomic mass is 10.1. The minimum Gasteiger partial charge on any atom is -0.271 e. The van der Waals surface area contributed by atoms with Gasteiger partial charge in [0.25, 0.3) is 0 Å². The normalized spacial score (nSPS) is 12.7. The van der Waals surface area contributed by atoms with Crippen molar-refractivity contribution in [2.45, 2.75) is 19.4 Å². The zero-order valence-electron chi connectivity index (χ0n) is 10.7. The van der Waals surface area contributed by atoms with Crippen molar-refractivity contribution in [3.8, 4) is 0 Å². The van der Waals surface area contributed by atoms with Gasteiger partial charge in [0.1, 0.15) is 5.82 Å². The summed E-state index contributed by atoms with van der Waals surface area (Å²) in [6.07, 6.45) is 1.93. The van der Waals surface area contributed by atoms with E-state index in [9.17, 15) is 4.39 Å². The summed E-state index contributed by atoms with van der Waals surface area (Å²) in [4.78, 5) is 4.02. The first-order valence-electron chi connectivity index (χ1n) is 5.79. The van der Waals surface area contributed by atoms with Crippen LogP contribution < -0.4 is 11.3 Å². The third kappa shape index (κ3) is 2.75. The van der Waals surface area contributed by atoms with Gasteiger partial charge in [-0.3, -0.25) is 20.9 Å². The van der Waals surface area contributed by atoms with Gasteiger partial charge in [0.15, 0.2) is 0 Å². The standard InChI is InChI=1S/C12H15ClFN5/c1-7-11(13)10(19(2)18-7)6-9(17-15)12-8(14)4-3-5-16-12/h3-5,9,17H,6,15H2,1-2H3. The van der Waals surface area contributed by atoms with Crippen molar-refractivity contribution in [1.82, 2.24) is 20.2 Å². The van der Waals surface area contributed by atoms with Crippen LogP contribution in [-0.2, 0) is 13.5 Å². The molecule has 0 aromatic carbocycles. The van der Waals surface area contributed by atoms with Crippen molar-refractivity contribution < 1.29 is 4.39 Å². The van der Waals surface area contributed by atoms with Crippen LogP contribution in [0.25, 0.3) is 0 Å². The van der Waals surface area contributed by atoms with E-state index in [2.05, 4.69) is 15.5 Å². The fourth-order valence-corrected chi connectivity index (χ4v) is 2.22. The van der Waals surface area contributed by atoms with Crippen molar-refractivity contribution in [1.29, 1.82) is 0 Å². The monoisotopic (exact) mass is 283 g/mol. The molecule has 0 bridgehead atoms. The van der Waals surface area contributed by atoms with Crippen LogP contribution >= 0.6 is 11.6 Å². The van der Waals surface area contributed by atoms with Crippen molar-refractivity contribution in [2.75, 3.05) is 0 Å².